The maximum absolute atomic E-state index is 12.4. The second kappa shape index (κ2) is 6.95. The normalized spacial score (nSPS) is 10.3. The number of nitrogens with one attached hydrogen (secondary N) is 1. The molecule has 7 nitrogen and oxygen atoms in total. The molecule has 0 fully saturated rings. The van der Waals surface area contributed by atoms with E-state index in [1.807, 2.05) is 6.92 Å². The number of aryl methyl sites for hydroxylation is 1. The van der Waals surface area contributed by atoms with Gasteiger partial charge in [0, 0.05) is 12.6 Å². The maximum Gasteiger partial charge on any atom is 0.360 e. The van der Waals surface area contributed by atoms with Crippen molar-refractivity contribution >= 4 is 17.6 Å². The average Bonchev–Trinajstić information content (AvgIpc) is 2.83. The van der Waals surface area contributed by atoms with E-state index in [9.17, 15) is 9.59 Å². The quantitative estimate of drug-likeness (QED) is 0.855. The number of nitrogens with zero attached hydrogens (tertiary/aromatic N) is 2. The molecule has 2 aromatic rings. The van der Waals surface area contributed by atoms with Gasteiger partial charge < -0.3 is 14.8 Å². The van der Waals surface area contributed by atoms with Crippen LogP contribution in [0.25, 0.3) is 0 Å². The van der Waals surface area contributed by atoms with Crippen molar-refractivity contribution < 1.29 is 19.1 Å². The molecule has 1 N–H and O–H groups in total. The van der Waals surface area contributed by atoms with Crippen LogP contribution in [0.1, 0.15) is 33.5 Å². The number of hydrogen-bond donors (Lipinski definition) is 1. The number of methoxy groups -OCH3 is 1. The van der Waals surface area contributed by atoms with Crippen molar-refractivity contribution in [2.75, 3.05) is 19.0 Å². The second-order valence-corrected chi connectivity index (χ2v) is 4.84. The van der Waals surface area contributed by atoms with Gasteiger partial charge in [0.1, 0.15) is 5.75 Å². The van der Waals surface area contributed by atoms with E-state index in [-0.39, 0.29) is 11.6 Å². The molecule has 2 rings (SSSR count). The zero-order valence-corrected chi connectivity index (χ0v) is 13.5. The Balaban J connectivity index is 2.24. The molecular formula is C16H19N3O4. The Morgan fingerprint density at radius 3 is 2.48 bits per heavy atom. The van der Waals surface area contributed by atoms with Gasteiger partial charge in [0.05, 0.1) is 25.1 Å². The molecule has 0 aliphatic heterocycles. The first-order valence-corrected chi connectivity index (χ1v) is 7.14. The molecule has 23 heavy (non-hydrogen) atoms. The molecule has 122 valence electrons. The van der Waals surface area contributed by atoms with Gasteiger partial charge in [0.15, 0.2) is 5.69 Å². The number of benzene rings is 1. The van der Waals surface area contributed by atoms with Crippen LogP contribution in [-0.4, -0.2) is 35.4 Å². The van der Waals surface area contributed by atoms with Crippen LogP contribution in [0.2, 0.25) is 0 Å². The highest BCUT2D eigenvalue weighted by Gasteiger charge is 2.22. The largest absolute Gasteiger partial charge is 0.494 e. The Bertz CT molecular complexity index is 720. The number of rotatable bonds is 5. The fraction of sp³-hybridized carbons (Fsp3) is 0.312. The topological polar surface area (TPSA) is 82.4 Å². The zero-order chi connectivity index (χ0) is 17.0. The number of ether oxygens (including phenoxy) is 2. The zero-order valence-electron chi connectivity index (χ0n) is 13.5. The van der Waals surface area contributed by atoms with Crippen LogP contribution in [0.15, 0.2) is 24.3 Å². The van der Waals surface area contributed by atoms with Gasteiger partial charge in [0.2, 0.25) is 0 Å². The summed E-state index contributed by atoms with van der Waals surface area (Å²) in [4.78, 5) is 24.1. The van der Waals surface area contributed by atoms with E-state index in [4.69, 9.17) is 9.47 Å². The van der Waals surface area contributed by atoms with E-state index in [2.05, 4.69) is 10.4 Å². The Morgan fingerprint density at radius 1 is 1.26 bits per heavy atom. The van der Waals surface area contributed by atoms with Crippen LogP contribution >= 0.6 is 0 Å². The summed E-state index contributed by atoms with van der Waals surface area (Å²) < 4.78 is 11.5. The molecule has 0 unspecified atom stereocenters. The van der Waals surface area contributed by atoms with Crippen molar-refractivity contribution in [3.63, 3.8) is 0 Å². The summed E-state index contributed by atoms with van der Waals surface area (Å²) in [6.07, 6.45) is 0. The lowest BCUT2D eigenvalue weighted by Gasteiger charge is -2.07. The molecule has 0 spiro atoms. The lowest BCUT2D eigenvalue weighted by Crippen LogP contribution is -2.15. The highest BCUT2D eigenvalue weighted by Crippen LogP contribution is 2.21. The molecule has 0 saturated carbocycles. The molecule has 0 bridgehead atoms. The highest BCUT2D eigenvalue weighted by atomic mass is 16.5. The number of carbonyl (C=O) groups is 2. The summed E-state index contributed by atoms with van der Waals surface area (Å²) in [5.74, 6) is -0.248. The van der Waals surface area contributed by atoms with E-state index in [0.29, 0.717) is 29.3 Å². The first-order valence-electron chi connectivity index (χ1n) is 7.14. The number of anilines is 1. The number of esters is 1. The summed E-state index contributed by atoms with van der Waals surface area (Å²) in [6.45, 7) is 4.20. The van der Waals surface area contributed by atoms with Crippen LogP contribution in [0.4, 0.5) is 5.69 Å². The minimum absolute atomic E-state index is 0.0757. The second-order valence-electron chi connectivity index (χ2n) is 4.84. The molecule has 0 atom stereocenters. The molecule has 0 aliphatic rings. The highest BCUT2D eigenvalue weighted by molar-refractivity contribution is 6.07. The van der Waals surface area contributed by atoms with Crippen molar-refractivity contribution in [1.82, 2.24) is 9.78 Å². The summed E-state index contributed by atoms with van der Waals surface area (Å²) >= 11 is 0. The fourth-order valence-electron chi connectivity index (χ4n) is 2.05. The summed E-state index contributed by atoms with van der Waals surface area (Å²) in [6, 6.07) is 6.75. The summed E-state index contributed by atoms with van der Waals surface area (Å²) in [5.41, 5.74) is 1.53. The third-order valence-electron chi connectivity index (χ3n) is 3.38. The SMILES string of the molecule is CCOc1ccc(C(=O)Nc2c(C(=O)OC)nn(C)c2C)cc1. The van der Waals surface area contributed by atoms with Crippen molar-refractivity contribution in [3.8, 4) is 5.75 Å². The molecule has 1 heterocycles. The van der Waals surface area contributed by atoms with Gasteiger partial charge >= 0.3 is 5.97 Å². The smallest absolute Gasteiger partial charge is 0.360 e. The van der Waals surface area contributed by atoms with Gasteiger partial charge in [-0.25, -0.2) is 4.79 Å². The first-order chi connectivity index (χ1) is 11.0. The molecule has 0 aliphatic carbocycles. The molecule has 1 aromatic heterocycles. The van der Waals surface area contributed by atoms with E-state index in [0.717, 1.165) is 0 Å². The minimum Gasteiger partial charge on any atom is -0.494 e. The Labute approximate surface area is 134 Å². The lowest BCUT2D eigenvalue weighted by molar-refractivity contribution is 0.0594. The average molecular weight is 317 g/mol. The van der Waals surface area contributed by atoms with Crippen LogP contribution in [-0.2, 0) is 11.8 Å². The van der Waals surface area contributed by atoms with Crippen molar-refractivity contribution in [2.45, 2.75) is 13.8 Å². The van der Waals surface area contributed by atoms with Gasteiger partial charge in [-0.05, 0) is 38.1 Å². The van der Waals surface area contributed by atoms with Gasteiger partial charge in [-0.15, -0.1) is 0 Å². The van der Waals surface area contributed by atoms with Gasteiger partial charge in [-0.2, -0.15) is 5.10 Å². The van der Waals surface area contributed by atoms with Crippen LogP contribution in [0, 0.1) is 6.92 Å². The van der Waals surface area contributed by atoms with Gasteiger partial charge in [-0.1, -0.05) is 0 Å². The Kier molecular flexibility index (Phi) is 5.00. The van der Waals surface area contributed by atoms with Gasteiger partial charge in [-0.3, -0.25) is 9.48 Å². The predicted octanol–water partition coefficient (Wildman–Crippen LogP) is 2.17. The van der Waals surface area contributed by atoms with Crippen molar-refractivity contribution in [1.29, 1.82) is 0 Å². The maximum atomic E-state index is 12.4. The van der Waals surface area contributed by atoms with Gasteiger partial charge in [0.25, 0.3) is 5.91 Å². The molecule has 1 aromatic carbocycles. The number of carbonyl (C=O) groups excluding carboxylic acids is 2. The first kappa shape index (κ1) is 16.5. The standard InChI is InChI=1S/C16H19N3O4/c1-5-23-12-8-6-11(7-9-12)15(20)17-13-10(2)19(3)18-14(13)16(21)22-4/h6-9H,5H2,1-4H3,(H,17,20). The fourth-order valence-corrected chi connectivity index (χ4v) is 2.05. The van der Waals surface area contributed by atoms with E-state index in [1.165, 1.54) is 11.8 Å². The molecule has 7 heteroatoms. The Hall–Kier alpha value is -2.83. The minimum atomic E-state index is -0.601. The number of aromatic nitrogens is 2. The van der Waals surface area contributed by atoms with Crippen molar-refractivity contribution in [3.05, 3.63) is 41.2 Å². The molecule has 0 radical (unpaired) electrons. The molecular weight excluding hydrogens is 298 g/mol. The number of amides is 1. The third kappa shape index (κ3) is 3.50. The van der Waals surface area contributed by atoms with Crippen LogP contribution in [0.5, 0.6) is 5.75 Å². The van der Waals surface area contributed by atoms with E-state index in [1.54, 1.807) is 38.2 Å². The summed E-state index contributed by atoms with van der Waals surface area (Å²) in [7, 11) is 2.96. The predicted molar refractivity (Wildman–Crippen MR) is 84.8 cm³/mol. The monoisotopic (exact) mass is 317 g/mol. The summed E-state index contributed by atoms with van der Waals surface area (Å²) in [5, 5.41) is 6.79. The van der Waals surface area contributed by atoms with E-state index < -0.39 is 5.97 Å². The van der Waals surface area contributed by atoms with Crippen LogP contribution in [0.3, 0.4) is 0 Å². The van der Waals surface area contributed by atoms with Crippen LogP contribution < -0.4 is 10.1 Å². The third-order valence-corrected chi connectivity index (χ3v) is 3.38. The molecule has 1 amide bonds. The lowest BCUT2D eigenvalue weighted by atomic mass is 10.2. The van der Waals surface area contributed by atoms with Crippen molar-refractivity contribution in [2.24, 2.45) is 7.05 Å². The molecule has 0 saturated heterocycles. The number of hydrogen-bond acceptors (Lipinski definition) is 5. The van der Waals surface area contributed by atoms with E-state index >= 15 is 0 Å². The Morgan fingerprint density at radius 2 is 1.91 bits per heavy atom.